The monoisotopic (exact) mass is 194 g/mol. The molecule has 1 aliphatic carbocycles. The van der Waals surface area contributed by atoms with Crippen LogP contribution in [-0.2, 0) is 0 Å². The number of rotatable bonds is 1. The Morgan fingerprint density at radius 1 is 1.21 bits per heavy atom. The highest BCUT2D eigenvalue weighted by molar-refractivity contribution is 5.27. The van der Waals surface area contributed by atoms with Gasteiger partial charge in [0.15, 0.2) is 0 Å². The average molecular weight is 194 g/mol. The van der Waals surface area contributed by atoms with Crippen LogP contribution in [-0.4, -0.2) is 0 Å². The van der Waals surface area contributed by atoms with Gasteiger partial charge in [-0.1, -0.05) is 12.2 Å². The van der Waals surface area contributed by atoms with E-state index >= 15 is 0 Å². The summed E-state index contributed by atoms with van der Waals surface area (Å²) < 4.78 is 26.3. The molecule has 1 aromatic carbocycles. The molecule has 14 heavy (non-hydrogen) atoms. The Hall–Kier alpha value is -1.18. The summed E-state index contributed by atoms with van der Waals surface area (Å²) in [5, 5.41) is 0. The summed E-state index contributed by atoms with van der Waals surface area (Å²) in [6, 6.07) is 3.66. The lowest BCUT2D eigenvalue weighted by atomic mass is 9.89. The third-order valence-corrected chi connectivity index (χ3v) is 2.61. The Morgan fingerprint density at radius 2 is 2.07 bits per heavy atom. The zero-order valence-corrected chi connectivity index (χ0v) is 7.84. The summed E-state index contributed by atoms with van der Waals surface area (Å²) in [5.41, 5.74) is 0.487. The van der Waals surface area contributed by atoms with Crippen molar-refractivity contribution in [2.75, 3.05) is 0 Å². The summed E-state index contributed by atoms with van der Waals surface area (Å²) in [7, 11) is 0. The van der Waals surface area contributed by atoms with Crippen LogP contribution in [0.4, 0.5) is 8.78 Å². The van der Waals surface area contributed by atoms with E-state index < -0.39 is 0 Å². The first-order valence-electron chi connectivity index (χ1n) is 4.89. The Labute approximate surface area is 82.3 Å². The molecule has 1 atom stereocenters. The van der Waals surface area contributed by atoms with E-state index in [-0.39, 0.29) is 17.6 Å². The third kappa shape index (κ3) is 1.84. The summed E-state index contributed by atoms with van der Waals surface area (Å²) in [6.07, 6.45) is 7.03. The molecular weight excluding hydrogens is 182 g/mol. The van der Waals surface area contributed by atoms with Gasteiger partial charge in [0.1, 0.15) is 11.6 Å². The summed E-state index contributed by atoms with van der Waals surface area (Å²) >= 11 is 0. The molecule has 0 heterocycles. The van der Waals surface area contributed by atoms with Crippen LogP contribution in [0.3, 0.4) is 0 Å². The van der Waals surface area contributed by atoms with Crippen LogP contribution in [0.2, 0.25) is 0 Å². The second kappa shape index (κ2) is 3.91. The Morgan fingerprint density at radius 3 is 2.79 bits per heavy atom. The molecule has 74 valence electrons. The molecule has 0 amide bonds. The highest BCUT2D eigenvalue weighted by Crippen LogP contribution is 2.29. The minimum Gasteiger partial charge on any atom is -0.207 e. The number of benzene rings is 1. The van der Waals surface area contributed by atoms with Crippen LogP contribution in [0.5, 0.6) is 0 Å². The molecule has 0 radical (unpaired) electrons. The molecule has 0 aromatic heterocycles. The molecule has 1 aliphatic rings. The minimum atomic E-state index is -0.361. The molecule has 1 aromatic rings. The van der Waals surface area contributed by atoms with Gasteiger partial charge in [-0.3, -0.25) is 0 Å². The molecule has 2 rings (SSSR count). The van der Waals surface area contributed by atoms with E-state index in [1.54, 1.807) is 0 Å². The second-order valence-corrected chi connectivity index (χ2v) is 3.63. The van der Waals surface area contributed by atoms with E-state index in [0.717, 1.165) is 25.3 Å². The smallest absolute Gasteiger partial charge is 0.127 e. The van der Waals surface area contributed by atoms with Crippen LogP contribution in [0.25, 0.3) is 0 Å². The maximum atomic E-state index is 13.4. The molecule has 0 saturated carbocycles. The Kier molecular flexibility index (Phi) is 2.62. The maximum Gasteiger partial charge on any atom is 0.127 e. The first-order valence-corrected chi connectivity index (χ1v) is 4.89. The zero-order valence-electron chi connectivity index (χ0n) is 7.84. The first kappa shape index (κ1) is 9.38. The fourth-order valence-corrected chi connectivity index (χ4v) is 1.87. The van der Waals surface area contributed by atoms with Crippen molar-refractivity contribution < 1.29 is 8.78 Å². The van der Waals surface area contributed by atoms with Crippen LogP contribution in [0, 0.1) is 11.6 Å². The van der Waals surface area contributed by atoms with Gasteiger partial charge in [0.2, 0.25) is 0 Å². The largest absolute Gasteiger partial charge is 0.207 e. The highest BCUT2D eigenvalue weighted by atomic mass is 19.1. The Balaban J connectivity index is 2.34. The van der Waals surface area contributed by atoms with Crippen molar-refractivity contribution in [3.63, 3.8) is 0 Å². The fourth-order valence-electron chi connectivity index (χ4n) is 1.87. The van der Waals surface area contributed by atoms with Crippen LogP contribution >= 0.6 is 0 Å². The molecule has 1 unspecified atom stereocenters. The third-order valence-electron chi connectivity index (χ3n) is 2.61. The number of allylic oxidation sites excluding steroid dienone is 2. The predicted molar refractivity (Wildman–Crippen MR) is 52.1 cm³/mol. The lowest BCUT2D eigenvalue weighted by Gasteiger charge is -2.17. The van der Waals surface area contributed by atoms with Gasteiger partial charge in [-0.25, -0.2) is 8.78 Å². The van der Waals surface area contributed by atoms with Crippen molar-refractivity contribution in [3.05, 3.63) is 47.5 Å². The molecule has 0 aliphatic heterocycles. The van der Waals surface area contributed by atoms with Gasteiger partial charge in [-0.05, 0) is 43.0 Å². The van der Waals surface area contributed by atoms with E-state index in [1.165, 1.54) is 12.1 Å². The van der Waals surface area contributed by atoms with Crippen molar-refractivity contribution in [1.29, 1.82) is 0 Å². The van der Waals surface area contributed by atoms with Gasteiger partial charge in [-0.2, -0.15) is 0 Å². The van der Waals surface area contributed by atoms with E-state index in [0.29, 0.717) is 5.56 Å². The minimum absolute atomic E-state index is 0.0550. The van der Waals surface area contributed by atoms with Gasteiger partial charge in [-0.15, -0.1) is 0 Å². The topological polar surface area (TPSA) is 0 Å². The van der Waals surface area contributed by atoms with Crippen LogP contribution < -0.4 is 0 Å². The van der Waals surface area contributed by atoms with Crippen molar-refractivity contribution in [2.45, 2.75) is 25.2 Å². The number of halogens is 2. The van der Waals surface area contributed by atoms with Crippen molar-refractivity contribution in [3.8, 4) is 0 Å². The van der Waals surface area contributed by atoms with E-state index in [1.807, 2.05) is 12.2 Å². The highest BCUT2D eigenvalue weighted by Gasteiger charge is 2.15. The van der Waals surface area contributed by atoms with E-state index in [2.05, 4.69) is 0 Å². The average Bonchev–Trinajstić information content (AvgIpc) is 2.23. The number of hydrogen-bond donors (Lipinski definition) is 0. The van der Waals surface area contributed by atoms with Crippen molar-refractivity contribution >= 4 is 0 Å². The first-order chi connectivity index (χ1) is 6.77. The summed E-state index contributed by atoms with van der Waals surface area (Å²) in [5.74, 6) is -0.609. The molecule has 0 spiro atoms. The van der Waals surface area contributed by atoms with Gasteiger partial charge < -0.3 is 0 Å². The van der Waals surface area contributed by atoms with Gasteiger partial charge in [0.25, 0.3) is 0 Å². The lowest BCUT2D eigenvalue weighted by Crippen LogP contribution is -2.02. The normalized spacial score (nSPS) is 21.1. The van der Waals surface area contributed by atoms with Gasteiger partial charge >= 0.3 is 0 Å². The van der Waals surface area contributed by atoms with Crippen LogP contribution in [0.15, 0.2) is 30.4 Å². The van der Waals surface area contributed by atoms with Crippen molar-refractivity contribution in [2.24, 2.45) is 0 Å². The molecular formula is C12H12F2. The van der Waals surface area contributed by atoms with Gasteiger partial charge in [0, 0.05) is 5.92 Å². The standard InChI is InChI=1S/C12H12F2/c13-10-6-7-12(14)11(8-10)9-4-2-1-3-5-9/h2,4,6-9H,1,3,5H2. The van der Waals surface area contributed by atoms with Gasteiger partial charge in [0.05, 0.1) is 0 Å². The second-order valence-electron chi connectivity index (χ2n) is 3.63. The fraction of sp³-hybridized carbons (Fsp3) is 0.333. The molecule has 0 saturated heterocycles. The number of hydrogen-bond acceptors (Lipinski definition) is 0. The molecule has 0 nitrogen and oxygen atoms in total. The SMILES string of the molecule is Fc1ccc(F)c(C2C=CCCC2)c1. The van der Waals surface area contributed by atoms with E-state index in [4.69, 9.17) is 0 Å². The predicted octanol–water partition coefficient (Wildman–Crippen LogP) is 3.79. The summed E-state index contributed by atoms with van der Waals surface area (Å²) in [6.45, 7) is 0. The van der Waals surface area contributed by atoms with E-state index in [9.17, 15) is 8.78 Å². The zero-order chi connectivity index (χ0) is 9.97. The Bertz CT molecular complexity index is 355. The molecule has 2 heteroatoms. The maximum absolute atomic E-state index is 13.4. The van der Waals surface area contributed by atoms with Crippen molar-refractivity contribution in [1.82, 2.24) is 0 Å². The molecule has 0 N–H and O–H groups in total. The quantitative estimate of drug-likeness (QED) is 0.597. The van der Waals surface area contributed by atoms with Crippen LogP contribution in [0.1, 0.15) is 30.7 Å². The molecule has 0 bridgehead atoms. The lowest BCUT2D eigenvalue weighted by molar-refractivity contribution is 0.558. The summed E-state index contributed by atoms with van der Waals surface area (Å²) in [4.78, 5) is 0. The molecule has 0 fully saturated rings.